The monoisotopic (exact) mass is 263 g/mol. The van der Waals surface area contributed by atoms with Crippen LogP contribution in [0.5, 0.6) is 0 Å². The molecule has 1 aromatic rings. The predicted octanol–water partition coefficient (Wildman–Crippen LogP) is 1.25. The molecule has 1 heterocycles. The van der Waals surface area contributed by atoms with E-state index in [0.717, 1.165) is 25.0 Å². The molecule has 0 bridgehead atoms. The summed E-state index contributed by atoms with van der Waals surface area (Å²) in [6.45, 7) is 2.01. The van der Waals surface area contributed by atoms with Crippen LogP contribution in [0, 0.1) is 0 Å². The van der Waals surface area contributed by atoms with E-state index in [1.165, 1.54) is 36.2 Å². The highest BCUT2D eigenvalue weighted by atomic mass is 16.2. The lowest BCUT2D eigenvalue weighted by Crippen LogP contribution is -2.39. The third kappa shape index (κ3) is 3.91. The van der Waals surface area contributed by atoms with Crippen LogP contribution in [-0.4, -0.2) is 21.5 Å². The molecule has 19 heavy (non-hydrogen) atoms. The molecule has 0 aromatic carbocycles. The number of aromatic nitrogens is 2. The van der Waals surface area contributed by atoms with E-state index in [0.29, 0.717) is 0 Å². The number of aryl methyl sites for hydroxylation is 1. The average molecular weight is 263 g/mol. The lowest BCUT2D eigenvalue weighted by molar-refractivity contribution is -0.122. The number of nitrogens with zero attached hydrogens (tertiary/aromatic N) is 2. The molecular formula is C14H21N3O2. The molecule has 0 spiro atoms. The van der Waals surface area contributed by atoms with Gasteiger partial charge in [0.1, 0.15) is 6.54 Å². The highest BCUT2D eigenvalue weighted by molar-refractivity contribution is 5.76. The minimum absolute atomic E-state index is 0.0618. The van der Waals surface area contributed by atoms with Crippen LogP contribution in [0.25, 0.3) is 0 Å². The van der Waals surface area contributed by atoms with E-state index in [1.807, 2.05) is 6.92 Å². The fourth-order valence-corrected chi connectivity index (χ4v) is 2.45. The first-order valence-electron chi connectivity index (χ1n) is 7.03. The van der Waals surface area contributed by atoms with Gasteiger partial charge in [-0.15, -0.1) is 0 Å². The fraction of sp³-hybridized carbons (Fsp3) is 0.643. The Labute approximate surface area is 113 Å². The van der Waals surface area contributed by atoms with Crippen LogP contribution in [0.4, 0.5) is 0 Å². The summed E-state index contributed by atoms with van der Waals surface area (Å²) < 4.78 is 1.36. The van der Waals surface area contributed by atoms with Crippen molar-refractivity contribution in [1.82, 2.24) is 14.9 Å². The third-order valence-corrected chi connectivity index (χ3v) is 3.58. The Kier molecular flexibility index (Phi) is 4.71. The van der Waals surface area contributed by atoms with Crippen molar-refractivity contribution in [3.8, 4) is 0 Å². The summed E-state index contributed by atoms with van der Waals surface area (Å²) in [5.74, 6) is -0.0972. The first-order chi connectivity index (χ1) is 9.19. The number of amides is 1. The molecule has 2 rings (SSSR count). The molecule has 0 unspecified atom stereocenters. The normalized spacial score (nSPS) is 16.3. The quantitative estimate of drug-likeness (QED) is 0.889. The highest BCUT2D eigenvalue weighted by Crippen LogP contribution is 2.17. The van der Waals surface area contributed by atoms with Crippen LogP contribution in [0.2, 0.25) is 0 Å². The minimum Gasteiger partial charge on any atom is -0.352 e. The van der Waals surface area contributed by atoms with Crippen molar-refractivity contribution in [2.45, 2.75) is 58.0 Å². The van der Waals surface area contributed by atoms with Gasteiger partial charge in [0.25, 0.3) is 5.56 Å². The highest BCUT2D eigenvalue weighted by Gasteiger charge is 2.16. The second-order valence-electron chi connectivity index (χ2n) is 5.10. The Balaban J connectivity index is 1.93. The van der Waals surface area contributed by atoms with Gasteiger partial charge in [0.2, 0.25) is 5.91 Å². The van der Waals surface area contributed by atoms with Gasteiger partial charge in [-0.3, -0.25) is 14.2 Å². The summed E-state index contributed by atoms with van der Waals surface area (Å²) in [5, 5.41) is 3.00. The van der Waals surface area contributed by atoms with Gasteiger partial charge in [-0.05, 0) is 19.3 Å². The zero-order valence-corrected chi connectivity index (χ0v) is 11.4. The molecule has 1 fully saturated rings. The Morgan fingerprint density at radius 1 is 1.42 bits per heavy atom. The average Bonchev–Trinajstić information content (AvgIpc) is 2.42. The summed E-state index contributed by atoms with van der Waals surface area (Å²) >= 11 is 0. The topological polar surface area (TPSA) is 64.0 Å². The maximum Gasteiger partial charge on any atom is 0.253 e. The zero-order valence-electron chi connectivity index (χ0n) is 11.4. The molecule has 1 N–H and O–H groups in total. The van der Waals surface area contributed by atoms with E-state index in [2.05, 4.69) is 10.3 Å². The van der Waals surface area contributed by atoms with Gasteiger partial charge >= 0.3 is 0 Å². The number of carbonyl (C=O) groups is 1. The summed E-state index contributed by atoms with van der Waals surface area (Å²) in [5.41, 5.74) is 0.597. The van der Waals surface area contributed by atoms with Crippen molar-refractivity contribution in [2.24, 2.45) is 0 Å². The number of hydrogen-bond acceptors (Lipinski definition) is 3. The molecule has 0 atom stereocenters. The SMILES string of the molecule is CCc1cc(=O)n(CC(=O)NC2CCCCC2)cn1. The van der Waals surface area contributed by atoms with Crippen LogP contribution in [0.3, 0.4) is 0 Å². The second kappa shape index (κ2) is 6.50. The molecule has 0 saturated heterocycles. The number of hydrogen-bond donors (Lipinski definition) is 1. The van der Waals surface area contributed by atoms with Gasteiger partial charge in [0.15, 0.2) is 0 Å². The van der Waals surface area contributed by atoms with Gasteiger partial charge in [-0.1, -0.05) is 26.2 Å². The smallest absolute Gasteiger partial charge is 0.253 e. The van der Waals surface area contributed by atoms with Crippen molar-refractivity contribution < 1.29 is 4.79 Å². The summed E-state index contributed by atoms with van der Waals surface area (Å²) in [4.78, 5) is 27.8. The van der Waals surface area contributed by atoms with Crippen LogP contribution in [0.15, 0.2) is 17.2 Å². The van der Waals surface area contributed by atoms with E-state index in [4.69, 9.17) is 0 Å². The summed E-state index contributed by atoms with van der Waals surface area (Å²) in [7, 11) is 0. The molecule has 104 valence electrons. The Morgan fingerprint density at radius 2 is 2.16 bits per heavy atom. The Hall–Kier alpha value is -1.65. The van der Waals surface area contributed by atoms with E-state index < -0.39 is 0 Å². The number of rotatable bonds is 4. The van der Waals surface area contributed by atoms with Crippen LogP contribution >= 0.6 is 0 Å². The maximum absolute atomic E-state index is 11.9. The van der Waals surface area contributed by atoms with Crippen LogP contribution in [0.1, 0.15) is 44.7 Å². The van der Waals surface area contributed by atoms with Crippen molar-refractivity contribution in [2.75, 3.05) is 0 Å². The van der Waals surface area contributed by atoms with Crippen molar-refractivity contribution >= 4 is 5.91 Å². The largest absolute Gasteiger partial charge is 0.352 e. The van der Waals surface area contributed by atoms with Gasteiger partial charge in [0.05, 0.1) is 6.33 Å². The lowest BCUT2D eigenvalue weighted by atomic mass is 9.95. The standard InChI is InChI=1S/C14H21N3O2/c1-2-11-8-14(19)17(10-15-11)9-13(18)16-12-6-4-3-5-7-12/h8,10,12H,2-7,9H2,1H3,(H,16,18). The molecule has 0 aliphatic heterocycles. The first kappa shape index (κ1) is 13.8. The molecule has 1 amide bonds. The van der Waals surface area contributed by atoms with Gasteiger partial charge < -0.3 is 5.32 Å². The van der Waals surface area contributed by atoms with E-state index in [9.17, 15) is 9.59 Å². The Bertz CT molecular complexity index is 490. The van der Waals surface area contributed by atoms with Crippen molar-refractivity contribution in [3.63, 3.8) is 0 Å². The fourth-order valence-electron chi connectivity index (χ4n) is 2.45. The lowest BCUT2D eigenvalue weighted by Gasteiger charge is -2.22. The van der Waals surface area contributed by atoms with Gasteiger partial charge in [-0.2, -0.15) is 0 Å². The molecule has 1 aromatic heterocycles. The van der Waals surface area contributed by atoms with Crippen LogP contribution in [-0.2, 0) is 17.8 Å². The molecule has 5 heteroatoms. The molecule has 5 nitrogen and oxygen atoms in total. The number of nitrogens with one attached hydrogen (secondary N) is 1. The predicted molar refractivity (Wildman–Crippen MR) is 72.9 cm³/mol. The summed E-state index contributed by atoms with van der Waals surface area (Å²) in [6, 6.07) is 1.77. The Morgan fingerprint density at radius 3 is 2.79 bits per heavy atom. The van der Waals surface area contributed by atoms with Gasteiger partial charge in [0, 0.05) is 17.8 Å². The molecular weight excluding hydrogens is 242 g/mol. The second-order valence-corrected chi connectivity index (χ2v) is 5.10. The maximum atomic E-state index is 11.9. The summed E-state index contributed by atoms with van der Waals surface area (Å²) in [6.07, 6.45) is 7.90. The van der Waals surface area contributed by atoms with Crippen LogP contribution < -0.4 is 10.9 Å². The minimum atomic E-state index is -0.161. The van der Waals surface area contributed by atoms with Gasteiger partial charge in [-0.25, -0.2) is 4.98 Å². The molecule has 0 radical (unpaired) electrons. The number of carbonyl (C=O) groups excluding carboxylic acids is 1. The zero-order chi connectivity index (χ0) is 13.7. The van der Waals surface area contributed by atoms with Crippen molar-refractivity contribution in [3.05, 3.63) is 28.4 Å². The molecule has 1 aliphatic carbocycles. The van der Waals surface area contributed by atoms with E-state index in [-0.39, 0.29) is 24.1 Å². The van der Waals surface area contributed by atoms with E-state index >= 15 is 0 Å². The third-order valence-electron chi connectivity index (χ3n) is 3.58. The van der Waals surface area contributed by atoms with E-state index in [1.54, 1.807) is 0 Å². The first-order valence-corrected chi connectivity index (χ1v) is 7.03. The van der Waals surface area contributed by atoms with Crippen molar-refractivity contribution in [1.29, 1.82) is 0 Å². The molecule has 1 aliphatic rings. The molecule has 1 saturated carbocycles.